The van der Waals surface area contributed by atoms with Gasteiger partial charge in [0.15, 0.2) is 0 Å². The topological polar surface area (TPSA) is 52.0 Å². The van der Waals surface area contributed by atoms with Gasteiger partial charge in [-0.1, -0.05) is 16.8 Å². The van der Waals surface area contributed by atoms with Gasteiger partial charge in [0, 0.05) is 0 Å². The zero-order valence-corrected chi connectivity index (χ0v) is 5.70. The number of halogens is 4. The van der Waals surface area contributed by atoms with Crippen molar-refractivity contribution in [2.45, 2.75) is 6.18 Å². The lowest BCUT2D eigenvalue weighted by molar-refractivity contribution is -0.142. The van der Waals surface area contributed by atoms with Crippen LogP contribution in [0.15, 0.2) is 4.52 Å². The molecule has 2 N–H and O–H groups in total. The van der Waals surface area contributed by atoms with Gasteiger partial charge in [0.25, 0.3) is 0 Å². The maximum atomic E-state index is 11.8. The van der Waals surface area contributed by atoms with Crippen molar-refractivity contribution in [1.29, 1.82) is 0 Å². The molecule has 0 atom stereocenters. The number of nitrogens with two attached hydrogens (primary N) is 1. The summed E-state index contributed by atoms with van der Waals surface area (Å²) in [7, 11) is 0. The average Bonchev–Trinajstić information content (AvgIpc) is 2.11. The van der Waals surface area contributed by atoms with Crippen LogP contribution < -0.4 is 5.73 Å². The molecule has 1 aromatic rings. The van der Waals surface area contributed by atoms with Crippen LogP contribution in [0, 0.1) is 0 Å². The number of nitrogen functional groups attached to an aromatic ring is 1. The van der Waals surface area contributed by atoms with Crippen molar-refractivity contribution >= 4 is 17.5 Å². The normalized spacial score (nSPS) is 12.0. The summed E-state index contributed by atoms with van der Waals surface area (Å²) in [4.78, 5) is 0. The Kier molecular flexibility index (Phi) is 1.71. The second-order valence-electron chi connectivity index (χ2n) is 1.71. The van der Waals surface area contributed by atoms with Crippen LogP contribution in [0.25, 0.3) is 0 Å². The summed E-state index contributed by atoms with van der Waals surface area (Å²) in [5.74, 6) is -0.529. The minimum Gasteiger partial charge on any atom is -0.366 e. The van der Waals surface area contributed by atoms with Gasteiger partial charge >= 0.3 is 6.18 Å². The molecule has 0 aromatic carbocycles. The van der Waals surface area contributed by atoms with Gasteiger partial charge in [0.2, 0.25) is 11.6 Å². The predicted molar refractivity (Wildman–Crippen MR) is 30.9 cm³/mol. The van der Waals surface area contributed by atoms with E-state index >= 15 is 0 Å². The summed E-state index contributed by atoms with van der Waals surface area (Å²) in [6.07, 6.45) is -4.61. The summed E-state index contributed by atoms with van der Waals surface area (Å²) >= 11 is 5.09. The Morgan fingerprint density at radius 2 is 2.00 bits per heavy atom. The molecule has 0 unspecified atom stereocenters. The highest BCUT2D eigenvalue weighted by Crippen LogP contribution is 2.36. The fourth-order valence-corrected chi connectivity index (χ4v) is 0.644. The predicted octanol–water partition coefficient (Wildman–Crippen LogP) is 1.93. The van der Waals surface area contributed by atoms with Gasteiger partial charge in [0.1, 0.15) is 5.02 Å². The fraction of sp³-hybridized carbons (Fsp3) is 0.250. The molecule has 3 nitrogen and oxygen atoms in total. The number of rotatable bonds is 0. The first-order valence-corrected chi connectivity index (χ1v) is 2.78. The van der Waals surface area contributed by atoms with Crippen LogP contribution in [-0.4, -0.2) is 5.16 Å². The van der Waals surface area contributed by atoms with Gasteiger partial charge in [-0.15, -0.1) is 0 Å². The van der Waals surface area contributed by atoms with E-state index in [9.17, 15) is 13.2 Å². The molecule has 1 rings (SSSR count). The van der Waals surface area contributed by atoms with Gasteiger partial charge in [-0.2, -0.15) is 13.2 Å². The lowest BCUT2D eigenvalue weighted by atomic mass is 10.4. The third-order valence-electron chi connectivity index (χ3n) is 0.928. The molecule has 0 saturated carbocycles. The summed E-state index contributed by atoms with van der Waals surface area (Å²) in [6.45, 7) is 0. The first kappa shape index (κ1) is 8.19. The van der Waals surface area contributed by atoms with E-state index in [0.717, 1.165) is 0 Å². The van der Waals surface area contributed by atoms with E-state index in [1.165, 1.54) is 0 Å². The molecule has 1 aromatic heterocycles. The number of hydrogen-bond donors (Lipinski definition) is 1. The maximum Gasteiger partial charge on any atom is 0.438 e. The molecular formula is C4H2ClF3N2O. The Hall–Kier alpha value is -0.910. The van der Waals surface area contributed by atoms with Gasteiger partial charge in [-0.05, 0) is 0 Å². The van der Waals surface area contributed by atoms with E-state index in [2.05, 4.69) is 9.68 Å². The van der Waals surface area contributed by atoms with Crippen LogP contribution in [-0.2, 0) is 6.18 Å². The fourth-order valence-electron chi connectivity index (χ4n) is 0.468. The first-order chi connectivity index (χ1) is 4.93. The van der Waals surface area contributed by atoms with E-state index < -0.39 is 22.8 Å². The minimum atomic E-state index is -4.61. The van der Waals surface area contributed by atoms with Crippen molar-refractivity contribution in [3.8, 4) is 0 Å². The molecule has 0 fully saturated rings. The van der Waals surface area contributed by atoms with E-state index in [-0.39, 0.29) is 0 Å². The van der Waals surface area contributed by atoms with Crippen LogP contribution >= 0.6 is 11.6 Å². The Bertz CT molecular complexity index is 269. The second-order valence-corrected chi connectivity index (χ2v) is 2.09. The number of aromatic nitrogens is 1. The van der Waals surface area contributed by atoms with Crippen molar-refractivity contribution in [2.75, 3.05) is 5.73 Å². The molecule has 0 aliphatic rings. The highest BCUT2D eigenvalue weighted by molar-refractivity contribution is 6.33. The molecular weight excluding hydrogens is 185 g/mol. The van der Waals surface area contributed by atoms with Crippen molar-refractivity contribution in [3.05, 3.63) is 10.7 Å². The molecule has 7 heteroatoms. The molecule has 0 radical (unpaired) electrons. The smallest absolute Gasteiger partial charge is 0.366 e. The monoisotopic (exact) mass is 186 g/mol. The standard InChI is InChI=1S/C4H2ClF3N2O/c5-1-2(4(6,7)8)10-11-3(1)9/h9H2. The highest BCUT2D eigenvalue weighted by Gasteiger charge is 2.38. The van der Waals surface area contributed by atoms with Gasteiger partial charge in [-0.3, -0.25) is 0 Å². The van der Waals surface area contributed by atoms with E-state index in [0.29, 0.717) is 0 Å². The Labute approximate surface area is 63.9 Å². The average molecular weight is 187 g/mol. The zero-order chi connectivity index (χ0) is 8.65. The Morgan fingerprint density at radius 1 is 1.45 bits per heavy atom. The number of alkyl halides is 3. The molecule has 0 saturated heterocycles. The summed E-state index contributed by atoms with van der Waals surface area (Å²) in [6, 6.07) is 0. The van der Waals surface area contributed by atoms with Crippen molar-refractivity contribution in [1.82, 2.24) is 5.16 Å². The van der Waals surface area contributed by atoms with Gasteiger partial charge in [0.05, 0.1) is 0 Å². The largest absolute Gasteiger partial charge is 0.438 e. The van der Waals surface area contributed by atoms with Crippen LogP contribution in [0.5, 0.6) is 0 Å². The van der Waals surface area contributed by atoms with E-state index in [1.54, 1.807) is 0 Å². The molecule has 62 valence electrons. The van der Waals surface area contributed by atoms with E-state index in [4.69, 9.17) is 17.3 Å². The minimum absolute atomic E-state index is 0.529. The zero-order valence-electron chi connectivity index (χ0n) is 4.94. The quantitative estimate of drug-likeness (QED) is 0.674. The van der Waals surface area contributed by atoms with Crippen LogP contribution in [0.2, 0.25) is 5.02 Å². The molecule has 0 spiro atoms. The van der Waals surface area contributed by atoms with Crippen LogP contribution in [0.3, 0.4) is 0 Å². The summed E-state index contributed by atoms with van der Waals surface area (Å²) < 4.78 is 39.4. The Balaban J connectivity index is 3.15. The second kappa shape index (κ2) is 2.30. The molecule has 11 heavy (non-hydrogen) atoms. The third-order valence-corrected chi connectivity index (χ3v) is 1.29. The SMILES string of the molecule is Nc1onc(C(F)(F)F)c1Cl. The number of hydrogen-bond acceptors (Lipinski definition) is 3. The summed E-state index contributed by atoms with van der Waals surface area (Å²) in [5.41, 5.74) is 3.58. The van der Waals surface area contributed by atoms with Crippen LogP contribution in [0.4, 0.5) is 19.1 Å². The van der Waals surface area contributed by atoms with Gasteiger partial charge < -0.3 is 10.3 Å². The summed E-state index contributed by atoms with van der Waals surface area (Å²) in [5, 5.41) is 1.93. The maximum absolute atomic E-state index is 11.8. The highest BCUT2D eigenvalue weighted by atomic mass is 35.5. The third kappa shape index (κ3) is 1.40. The molecule has 0 amide bonds. The van der Waals surface area contributed by atoms with E-state index in [1.807, 2.05) is 0 Å². The lowest BCUT2D eigenvalue weighted by Crippen LogP contribution is -2.05. The molecule has 0 aliphatic heterocycles. The Morgan fingerprint density at radius 3 is 2.18 bits per heavy atom. The lowest BCUT2D eigenvalue weighted by Gasteiger charge is -1.99. The van der Waals surface area contributed by atoms with Crippen molar-refractivity contribution in [3.63, 3.8) is 0 Å². The first-order valence-electron chi connectivity index (χ1n) is 2.40. The number of anilines is 1. The molecule has 1 heterocycles. The van der Waals surface area contributed by atoms with Crippen molar-refractivity contribution in [2.24, 2.45) is 0 Å². The molecule has 0 aliphatic carbocycles. The van der Waals surface area contributed by atoms with Crippen LogP contribution in [0.1, 0.15) is 5.69 Å². The molecule has 0 bridgehead atoms. The van der Waals surface area contributed by atoms with Crippen molar-refractivity contribution < 1.29 is 17.7 Å². The van der Waals surface area contributed by atoms with Gasteiger partial charge in [-0.25, -0.2) is 0 Å². The number of nitrogens with zero attached hydrogens (tertiary/aromatic N) is 1.